The zero-order valence-electron chi connectivity index (χ0n) is 22.7. The van der Waals surface area contributed by atoms with Gasteiger partial charge in [0, 0.05) is 29.9 Å². The Morgan fingerprint density at radius 3 is 2.07 bits per heavy atom. The van der Waals surface area contributed by atoms with E-state index in [1.807, 2.05) is 18.2 Å². The van der Waals surface area contributed by atoms with E-state index >= 15 is 0 Å². The number of carbonyl (C=O) groups is 5. The number of amides is 4. The second-order valence-corrected chi connectivity index (χ2v) is 9.89. The predicted molar refractivity (Wildman–Crippen MR) is 151 cm³/mol. The number of primary amides is 1. The van der Waals surface area contributed by atoms with Crippen LogP contribution in [-0.4, -0.2) is 80.2 Å². The van der Waals surface area contributed by atoms with Crippen LogP contribution in [0.3, 0.4) is 0 Å². The molecule has 0 saturated carbocycles. The molecule has 0 aliphatic carbocycles. The van der Waals surface area contributed by atoms with E-state index in [0.717, 1.165) is 10.9 Å². The minimum absolute atomic E-state index is 0.0351. The molecule has 0 aliphatic heterocycles. The summed E-state index contributed by atoms with van der Waals surface area (Å²) in [7, 11) is 0. The van der Waals surface area contributed by atoms with Gasteiger partial charge in [-0.1, -0.05) is 30.3 Å². The second-order valence-electron chi connectivity index (χ2n) is 9.89. The molecule has 5 unspecified atom stereocenters. The van der Waals surface area contributed by atoms with Crippen LogP contribution in [0.15, 0.2) is 54.7 Å². The van der Waals surface area contributed by atoms with Crippen LogP contribution in [0.1, 0.15) is 24.5 Å². The topological polar surface area (TPSA) is 250 Å². The van der Waals surface area contributed by atoms with Crippen LogP contribution < -0.4 is 27.4 Å². The molecule has 224 valence electrons. The van der Waals surface area contributed by atoms with Gasteiger partial charge in [0.25, 0.3) is 0 Å². The van der Waals surface area contributed by atoms with Gasteiger partial charge in [0.05, 0.1) is 12.5 Å². The van der Waals surface area contributed by atoms with Gasteiger partial charge in [-0.2, -0.15) is 0 Å². The van der Waals surface area contributed by atoms with Crippen molar-refractivity contribution in [1.82, 2.24) is 20.9 Å². The number of para-hydroxylation sites is 1. The molecule has 1 aromatic heterocycles. The summed E-state index contributed by atoms with van der Waals surface area (Å²) in [5.74, 6) is -5.04. The number of nitrogens with two attached hydrogens (primary N) is 2. The van der Waals surface area contributed by atoms with Crippen LogP contribution in [0.5, 0.6) is 5.75 Å². The molecule has 0 bridgehead atoms. The molecule has 11 N–H and O–H groups in total. The Balaban J connectivity index is 1.84. The Hall–Kier alpha value is -4.95. The Bertz CT molecular complexity index is 1440. The minimum Gasteiger partial charge on any atom is -0.508 e. The normalized spacial score (nSPS) is 14.6. The van der Waals surface area contributed by atoms with Crippen LogP contribution in [-0.2, 0) is 36.8 Å². The average molecular weight is 583 g/mol. The molecule has 1 heterocycles. The molecule has 14 nitrogen and oxygen atoms in total. The number of hydrogen-bond acceptors (Lipinski definition) is 8. The van der Waals surface area contributed by atoms with Gasteiger partial charge in [-0.25, -0.2) is 4.79 Å². The van der Waals surface area contributed by atoms with Crippen LogP contribution in [0.25, 0.3) is 10.9 Å². The third kappa shape index (κ3) is 8.52. The SMILES string of the molecule is CC(O)C(N)C(=O)NC(CC(N)=O)C(=O)NC(Cc1ccc(O)cc1)C(=O)NC(Cc1c[nH]c2ccccc12)C(=O)O. The van der Waals surface area contributed by atoms with Crippen LogP contribution in [0.2, 0.25) is 0 Å². The van der Waals surface area contributed by atoms with Crippen molar-refractivity contribution in [1.29, 1.82) is 0 Å². The van der Waals surface area contributed by atoms with Gasteiger partial charge in [0.1, 0.15) is 29.9 Å². The van der Waals surface area contributed by atoms with Gasteiger partial charge >= 0.3 is 5.97 Å². The Morgan fingerprint density at radius 1 is 0.857 bits per heavy atom. The summed E-state index contributed by atoms with van der Waals surface area (Å²) in [6, 6.07) is 7.31. The lowest BCUT2D eigenvalue weighted by Gasteiger charge is -2.25. The number of aromatic nitrogens is 1. The van der Waals surface area contributed by atoms with E-state index in [0.29, 0.717) is 11.1 Å². The number of phenols is 1. The number of rotatable bonds is 14. The van der Waals surface area contributed by atoms with E-state index < -0.39 is 66.3 Å². The maximum Gasteiger partial charge on any atom is 0.326 e. The van der Waals surface area contributed by atoms with Gasteiger partial charge in [-0.15, -0.1) is 0 Å². The highest BCUT2D eigenvalue weighted by Gasteiger charge is 2.32. The van der Waals surface area contributed by atoms with E-state index in [4.69, 9.17) is 11.5 Å². The maximum atomic E-state index is 13.4. The van der Waals surface area contributed by atoms with Gasteiger partial charge in [0.2, 0.25) is 23.6 Å². The number of carboxylic acids is 1. The third-order valence-electron chi connectivity index (χ3n) is 6.58. The van der Waals surface area contributed by atoms with Crippen molar-refractivity contribution in [3.63, 3.8) is 0 Å². The van der Waals surface area contributed by atoms with Crippen molar-refractivity contribution in [3.05, 3.63) is 65.9 Å². The van der Waals surface area contributed by atoms with Gasteiger partial charge in [-0.3, -0.25) is 19.2 Å². The fourth-order valence-electron chi connectivity index (χ4n) is 4.24. The lowest BCUT2D eigenvalue weighted by Crippen LogP contribution is -2.59. The molecule has 5 atom stereocenters. The number of aromatic amines is 1. The third-order valence-corrected chi connectivity index (χ3v) is 6.58. The Labute approximate surface area is 240 Å². The molecule has 2 aromatic carbocycles. The largest absolute Gasteiger partial charge is 0.508 e. The zero-order chi connectivity index (χ0) is 31.0. The molecule has 0 spiro atoms. The van der Waals surface area contributed by atoms with E-state index in [1.54, 1.807) is 12.3 Å². The fraction of sp³-hybridized carbons (Fsp3) is 0.321. The zero-order valence-corrected chi connectivity index (χ0v) is 22.7. The molecular formula is C28H34N6O8. The van der Waals surface area contributed by atoms with Crippen molar-refractivity contribution in [2.24, 2.45) is 11.5 Å². The van der Waals surface area contributed by atoms with Crippen molar-refractivity contribution >= 4 is 40.5 Å². The molecule has 14 heteroatoms. The number of hydrogen-bond donors (Lipinski definition) is 9. The molecule has 4 amide bonds. The summed E-state index contributed by atoms with van der Waals surface area (Å²) in [6.07, 6.45) is -0.460. The van der Waals surface area contributed by atoms with Crippen molar-refractivity contribution in [2.75, 3.05) is 0 Å². The summed E-state index contributed by atoms with van der Waals surface area (Å²) in [4.78, 5) is 65.9. The fourth-order valence-corrected chi connectivity index (χ4v) is 4.24. The number of fused-ring (bicyclic) bond motifs is 1. The smallest absolute Gasteiger partial charge is 0.326 e. The summed E-state index contributed by atoms with van der Waals surface area (Å²) in [6.45, 7) is 1.26. The number of H-pyrrole nitrogens is 1. The van der Waals surface area contributed by atoms with Crippen molar-refractivity contribution < 1.29 is 39.3 Å². The molecule has 0 aliphatic rings. The highest BCUT2D eigenvalue weighted by molar-refractivity contribution is 5.96. The summed E-state index contributed by atoms with van der Waals surface area (Å²) >= 11 is 0. The van der Waals surface area contributed by atoms with Crippen LogP contribution in [0, 0.1) is 0 Å². The van der Waals surface area contributed by atoms with Gasteiger partial charge in [-0.05, 0) is 36.2 Å². The Morgan fingerprint density at radius 2 is 1.45 bits per heavy atom. The van der Waals surface area contributed by atoms with Crippen LogP contribution >= 0.6 is 0 Å². The number of aliphatic hydroxyl groups excluding tert-OH is 1. The number of nitrogens with one attached hydrogen (secondary N) is 4. The molecule has 3 aromatic rings. The molecule has 0 radical (unpaired) electrons. The lowest BCUT2D eigenvalue weighted by atomic mass is 10.0. The number of carbonyl (C=O) groups excluding carboxylic acids is 4. The first kappa shape index (κ1) is 31.6. The van der Waals surface area contributed by atoms with E-state index in [2.05, 4.69) is 20.9 Å². The minimum atomic E-state index is -1.54. The van der Waals surface area contributed by atoms with E-state index in [1.165, 1.54) is 31.2 Å². The lowest BCUT2D eigenvalue weighted by molar-refractivity contribution is -0.142. The van der Waals surface area contributed by atoms with E-state index in [9.17, 15) is 39.3 Å². The predicted octanol–water partition coefficient (Wildman–Crippen LogP) is -1.22. The summed E-state index contributed by atoms with van der Waals surface area (Å²) in [5.41, 5.74) is 12.8. The molecule has 0 saturated heterocycles. The Kier molecular flexibility index (Phi) is 10.6. The second kappa shape index (κ2) is 14.1. The number of aromatic hydroxyl groups is 1. The van der Waals surface area contributed by atoms with Gasteiger partial charge < -0.3 is 47.7 Å². The van der Waals surface area contributed by atoms with Crippen LogP contribution in [0.4, 0.5) is 0 Å². The standard InChI is InChI=1S/C28H34N6O8/c1-14(35)24(30)27(40)33-21(12-23(29)37)26(39)32-20(10-15-6-8-17(36)9-7-15)25(38)34-22(28(41)42)11-16-13-31-19-5-3-2-4-18(16)19/h2-9,13-14,20-22,24,31,35-36H,10-12,30H2,1H3,(H2,29,37)(H,32,39)(H,33,40)(H,34,38)(H,41,42). The highest BCUT2D eigenvalue weighted by Crippen LogP contribution is 2.19. The summed E-state index contributed by atoms with van der Waals surface area (Å²) < 4.78 is 0. The van der Waals surface area contributed by atoms with Crippen molar-refractivity contribution in [2.45, 2.75) is 56.5 Å². The number of phenolic OH excluding ortho intramolecular Hbond substituents is 1. The van der Waals surface area contributed by atoms with Crippen molar-refractivity contribution in [3.8, 4) is 5.75 Å². The maximum absolute atomic E-state index is 13.4. The van der Waals surface area contributed by atoms with E-state index in [-0.39, 0.29) is 18.6 Å². The summed E-state index contributed by atoms with van der Waals surface area (Å²) in [5, 5.41) is 37.1. The molecular weight excluding hydrogens is 548 g/mol. The molecule has 42 heavy (non-hydrogen) atoms. The monoisotopic (exact) mass is 582 g/mol. The number of aliphatic hydroxyl groups is 1. The number of carboxylic acid groups (broad SMARTS) is 1. The average Bonchev–Trinajstić information content (AvgIpc) is 3.34. The number of benzene rings is 2. The highest BCUT2D eigenvalue weighted by atomic mass is 16.4. The first-order valence-electron chi connectivity index (χ1n) is 13.0. The first-order valence-corrected chi connectivity index (χ1v) is 13.0. The molecule has 3 rings (SSSR count). The molecule has 0 fully saturated rings. The first-order chi connectivity index (χ1) is 19.8. The van der Waals surface area contributed by atoms with Gasteiger partial charge in [0.15, 0.2) is 0 Å². The number of aliphatic carboxylic acids is 1. The quantitative estimate of drug-likeness (QED) is 0.110.